The average Bonchev–Trinajstić information content (AvgIpc) is 2.99. The number of anilines is 2. The predicted molar refractivity (Wildman–Crippen MR) is 113 cm³/mol. The maximum atomic E-state index is 2.30. The minimum atomic E-state index is 0.183. The van der Waals surface area contributed by atoms with Crippen LogP contribution in [0.25, 0.3) is 20.2 Å². The Balaban J connectivity index is 1.81. The summed E-state index contributed by atoms with van der Waals surface area (Å²) in [5.41, 5.74) is 4.03. The van der Waals surface area contributed by atoms with Crippen LogP contribution in [-0.4, -0.2) is 7.05 Å². The maximum absolute atomic E-state index is 2.30. The van der Waals surface area contributed by atoms with Crippen LogP contribution in [0.1, 0.15) is 26.3 Å². The smallest absolute Gasteiger partial charge is 0.0592 e. The van der Waals surface area contributed by atoms with Crippen LogP contribution in [0.15, 0.2) is 66.7 Å². The molecule has 4 rings (SSSR count). The second-order valence-electron chi connectivity index (χ2n) is 7.61. The van der Waals surface area contributed by atoms with E-state index in [9.17, 15) is 0 Å². The third-order valence-electron chi connectivity index (χ3n) is 4.87. The van der Waals surface area contributed by atoms with Gasteiger partial charge in [-0.2, -0.15) is 0 Å². The van der Waals surface area contributed by atoms with Crippen LogP contribution in [0.4, 0.5) is 11.4 Å². The lowest BCUT2D eigenvalue weighted by Gasteiger charge is -2.23. The highest BCUT2D eigenvalue weighted by Gasteiger charge is 2.15. The van der Waals surface area contributed by atoms with Crippen molar-refractivity contribution in [3.63, 3.8) is 0 Å². The number of benzene rings is 3. The van der Waals surface area contributed by atoms with Gasteiger partial charge in [0.25, 0.3) is 0 Å². The maximum Gasteiger partial charge on any atom is 0.0592 e. The van der Waals surface area contributed by atoms with E-state index in [1.54, 1.807) is 0 Å². The number of fused-ring (bicyclic) bond motifs is 3. The molecule has 25 heavy (non-hydrogen) atoms. The minimum Gasteiger partial charge on any atom is -0.343 e. The average molecular weight is 346 g/mol. The molecule has 0 aliphatic carbocycles. The highest BCUT2D eigenvalue weighted by Crippen LogP contribution is 2.41. The fourth-order valence-corrected chi connectivity index (χ4v) is 4.57. The molecule has 0 saturated carbocycles. The molecule has 0 amide bonds. The first kappa shape index (κ1) is 16.2. The van der Waals surface area contributed by atoms with Gasteiger partial charge in [-0.15, -0.1) is 11.3 Å². The van der Waals surface area contributed by atoms with Crippen molar-refractivity contribution in [3.8, 4) is 0 Å². The van der Waals surface area contributed by atoms with Gasteiger partial charge in [-0.3, -0.25) is 0 Å². The first-order valence-corrected chi connectivity index (χ1v) is 9.51. The summed E-state index contributed by atoms with van der Waals surface area (Å²) in [5.74, 6) is 0. The predicted octanol–water partition coefficient (Wildman–Crippen LogP) is 7.12. The van der Waals surface area contributed by atoms with Crippen LogP contribution < -0.4 is 4.90 Å². The molecule has 3 aromatic carbocycles. The number of rotatable bonds is 2. The largest absolute Gasteiger partial charge is 0.343 e. The number of nitrogens with zero attached hydrogens (tertiary/aromatic N) is 1. The molecule has 1 aromatic heterocycles. The summed E-state index contributed by atoms with van der Waals surface area (Å²) in [6.07, 6.45) is 0. The molecule has 0 saturated heterocycles. The Morgan fingerprint density at radius 2 is 1.44 bits per heavy atom. The highest BCUT2D eigenvalue weighted by molar-refractivity contribution is 7.26. The van der Waals surface area contributed by atoms with Gasteiger partial charge < -0.3 is 4.90 Å². The lowest BCUT2D eigenvalue weighted by Crippen LogP contribution is -2.13. The van der Waals surface area contributed by atoms with Gasteiger partial charge in [-0.05, 0) is 35.2 Å². The lowest BCUT2D eigenvalue weighted by atomic mass is 9.87. The molecule has 1 nitrogen and oxygen atoms in total. The summed E-state index contributed by atoms with van der Waals surface area (Å²) in [6, 6.07) is 24.2. The molecule has 0 aliphatic rings. The zero-order chi connectivity index (χ0) is 17.6. The van der Waals surface area contributed by atoms with E-state index in [0.717, 1.165) is 0 Å². The molecule has 0 bridgehead atoms. The summed E-state index contributed by atoms with van der Waals surface area (Å²) in [4.78, 5) is 2.30. The highest BCUT2D eigenvalue weighted by atomic mass is 32.1. The van der Waals surface area contributed by atoms with Crippen LogP contribution in [0.2, 0.25) is 0 Å². The zero-order valence-corrected chi connectivity index (χ0v) is 16.0. The van der Waals surface area contributed by atoms with Crippen LogP contribution >= 0.6 is 11.3 Å². The van der Waals surface area contributed by atoms with E-state index in [4.69, 9.17) is 0 Å². The van der Waals surface area contributed by atoms with Crippen molar-refractivity contribution in [2.45, 2.75) is 26.2 Å². The fraction of sp³-hybridized carbons (Fsp3) is 0.217. The lowest BCUT2D eigenvalue weighted by molar-refractivity contribution is 0.590. The van der Waals surface area contributed by atoms with Crippen LogP contribution in [-0.2, 0) is 5.41 Å². The van der Waals surface area contributed by atoms with Crippen molar-refractivity contribution in [3.05, 3.63) is 72.3 Å². The Morgan fingerprint density at radius 1 is 0.760 bits per heavy atom. The molecule has 0 N–H and O–H groups in total. The van der Waals surface area contributed by atoms with Gasteiger partial charge in [0, 0.05) is 28.2 Å². The van der Waals surface area contributed by atoms with Gasteiger partial charge in [0.1, 0.15) is 0 Å². The minimum absolute atomic E-state index is 0.183. The Morgan fingerprint density at radius 3 is 2.16 bits per heavy atom. The molecule has 0 spiro atoms. The van der Waals surface area contributed by atoms with E-state index in [1.165, 1.54) is 37.1 Å². The summed E-state index contributed by atoms with van der Waals surface area (Å²) in [6.45, 7) is 6.76. The van der Waals surface area contributed by atoms with Gasteiger partial charge in [-0.1, -0.05) is 63.2 Å². The van der Waals surface area contributed by atoms with Crippen molar-refractivity contribution in [1.82, 2.24) is 0 Å². The number of hydrogen-bond acceptors (Lipinski definition) is 2. The Kier molecular flexibility index (Phi) is 3.81. The molecule has 0 aliphatic heterocycles. The summed E-state index contributed by atoms with van der Waals surface area (Å²) in [5, 5.41) is 2.69. The third-order valence-corrected chi connectivity index (χ3v) is 6.07. The van der Waals surface area contributed by atoms with Crippen molar-refractivity contribution in [2.24, 2.45) is 0 Å². The van der Waals surface area contributed by atoms with E-state index < -0.39 is 0 Å². The Labute approximate surface area is 153 Å². The molecule has 0 radical (unpaired) electrons. The zero-order valence-electron chi connectivity index (χ0n) is 15.2. The third kappa shape index (κ3) is 2.81. The first-order valence-electron chi connectivity index (χ1n) is 8.70. The molecule has 126 valence electrons. The monoisotopic (exact) mass is 345 g/mol. The number of hydrogen-bond donors (Lipinski definition) is 0. The number of thiophene rings is 1. The van der Waals surface area contributed by atoms with Crippen molar-refractivity contribution < 1.29 is 0 Å². The van der Waals surface area contributed by atoms with Gasteiger partial charge >= 0.3 is 0 Å². The van der Waals surface area contributed by atoms with E-state index in [1.807, 2.05) is 11.3 Å². The van der Waals surface area contributed by atoms with Crippen LogP contribution in [0.3, 0.4) is 0 Å². The molecular formula is C23H23NS. The molecule has 0 unspecified atom stereocenters. The van der Waals surface area contributed by atoms with E-state index >= 15 is 0 Å². The second-order valence-corrected chi connectivity index (χ2v) is 8.66. The van der Waals surface area contributed by atoms with Gasteiger partial charge in [0.05, 0.1) is 10.4 Å². The molecule has 0 fully saturated rings. The molecule has 4 aromatic rings. The molecule has 1 heterocycles. The van der Waals surface area contributed by atoms with Gasteiger partial charge in [-0.25, -0.2) is 0 Å². The summed E-state index contributed by atoms with van der Waals surface area (Å²) < 4.78 is 2.70. The van der Waals surface area contributed by atoms with Crippen molar-refractivity contribution in [2.75, 3.05) is 11.9 Å². The van der Waals surface area contributed by atoms with Crippen molar-refractivity contribution >= 4 is 42.9 Å². The van der Waals surface area contributed by atoms with E-state index in [-0.39, 0.29) is 5.41 Å². The Hall–Kier alpha value is -2.32. The van der Waals surface area contributed by atoms with E-state index in [0.29, 0.717) is 0 Å². The SMILES string of the molecule is CN(c1ccc(C(C)(C)C)cc1)c1cccc2c1sc1ccccc12. The quantitative estimate of drug-likeness (QED) is 0.374. The normalized spacial score (nSPS) is 12.0. The van der Waals surface area contributed by atoms with Crippen molar-refractivity contribution in [1.29, 1.82) is 0 Å². The van der Waals surface area contributed by atoms with E-state index in [2.05, 4.69) is 99.4 Å². The van der Waals surface area contributed by atoms with Crippen LogP contribution in [0.5, 0.6) is 0 Å². The van der Waals surface area contributed by atoms with Crippen LogP contribution in [0, 0.1) is 0 Å². The summed E-state index contributed by atoms with van der Waals surface area (Å²) >= 11 is 1.88. The standard InChI is InChI=1S/C23H23NS/c1-23(2,3)16-12-14-17(15-13-16)24(4)20-10-7-9-19-18-8-5-6-11-21(18)25-22(19)20/h5-15H,1-4H3. The molecular weight excluding hydrogens is 322 g/mol. The summed E-state index contributed by atoms with van der Waals surface area (Å²) in [7, 11) is 2.16. The molecule has 0 atom stereocenters. The van der Waals surface area contributed by atoms with Gasteiger partial charge in [0.15, 0.2) is 0 Å². The first-order chi connectivity index (χ1) is 11.9. The second kappa shape index (κ2) is 5.89. The Bertz CT molecular complexity index is 1040. The van der Waals surface area contributed by atoms with Gasteiger partial charge in [0.2, 0.25) is 0 Å². The molecule has 2 heteroatoms. The topological polar surface area (TPSA) is 3.24 Å². The fourth-order valence-electron chi connectivity index (χ4n) is 3.32.